The minimum absolute atomic E-state index is 0.00852. The molecule has 0 saturated carbocycles. The number of rotatable bonds is 6. The third kappa shape index (κ3) is 4.40. The zero-order chi connectivity index (χ0) is 21.9. The molecule has 0 spiro atoms. The van der Waals surface area contributed by atoms with Gasteiger partial charge in [-0.15, -0.1) is 16.4 Å². The molecule has 1 aromatic carbocycles. The van der Waals surface area contributed by atoms with Gasteiger partial charge < -0.3 is 19.9 Å². The van der Waals surface area contributed by atoms with Crippen LogP contribution in [0.5, 0.6) is 5.75 Å². The summed E-state index contributed by atoms with van der Waals surface area (Å²) in [6.45, 7) is 2.45. The highest BCUT2D eigenvalue weighted by Gasteiger charge is 2.33. The van der Waals surface area contributed by atoms with Crippen molar-refractivity contribution in [1.29, 1.82) is 0 Å². The van der Waals surface area contributed by atoms with Crippen molar-refractivity contribution in [1.82, 2.24) is 20.1 Å². The van der Waals surface area contributed by atoms with Gasteiger partial charge in [-0.3, -0.25) is 9.59 Å². The van der Waals surface area contributed by atoms with Gasteiger partial charge in [-0.05, 0) is 36.4 Å². The van der Waals surface area contributed by atoms with Gasteiger partial charge in [0.1, 0.15) is 17.5 Å². The molecular weight excluding hydrogens is 428 g/mol. The Kier molecular flexibility index (Phi) is 5.68. The summed E-state index contributed by atoms with van der Waals surface area (Å²) in [5, 5.41) is 12.7. The maximum Gasteiger partial charge on any atom is 0.273 e. The Morgan fingerprint density at radius 1 is 1.12 bits per heavy atom. The number of benzene rings is 1. The second-order valence-electron chi connectivity index (χ2n) is 7.85. The van der Waals surface area contributed by atoms with E-state index < -0.39 is 0 Å². The van der Waals surface area contributed by atoms with E-state index in [0.29, 0.717) is 37.6 Å². The van der Waals surface area contributed by atoms with Crippen molar-refractivity contribution >= 4 is 34.7 Å². The number of ether oxygens (including phenoxy) is 1. The minimum Gasteiger partial charge on any atom is -0.489 e. The fraction of sp³-hybridized carbons (Fsp3) is 0.318. The lowest BCUT2D eigenvalue weighted by atomic mass is 9.99. The number of nitrogens with zero attached hydrogens (tertiary/aromatic N) is 5. The Hall–Kier alpha value is -3.53. The zero-order valence-corrected chi connectivity index (χ0v) is 18.1. The van der Waals surface area contributed by atoms with Crippen LogP contribution in [-0.4, -0.2) is 64.2 Å². The molecule has 10 heteroatoms. The van der Waals surface area contributed by atoms with E-state index in [1.54, 1.807) is 22.0 Å². The van der Waals surface area contributed by atoms with E-state index in [1.165, 1.54) is 11.3 Å². The molecule has 2 aliphatic rings. The monoisotopic (exact) mass is 450 g/mol. The summed E-state index contributed by atoms with van der Waals surface area (Å²) in [5.41, 5.74) is 2.88. The number of carbonyl (C=O) groups is 2. The van der Waals surface area contributed by atoms with Crippen molar-refractivity contribution < 1.29 is 14.3 Å². The first-order valence-corrected chi connectivity index (χ1v) is 11.4. The average molecular weight is 451 g/mol. The second-order valence-corrected chi connectivity index (χ2v) is 8.57. The standard InChI is InChI=1S/C22H22N6O3S/c29-21(15-10-28(11-15)20-2-1-8-24-26-20)25-16-3-5-17(6-4-16)31-18-7-9-27(12-18)22(30)19-13-32-14-23-19/h1-6,8,13-15,18H,7,9-12H2,(H,25,29)/t18-/m1/s1. The molecule has 4 heterocycles. The normalized spacial score (nSPS) is 18.3. The van der Waals surface area contributed by atoms with Crippen LogP contribution in [0.15, 0.2) is 53.5 Å². The van der Waals surface area contributed by atoms with Crippen molar-refractivity contribution in [3.05, 3.63) is 59.2 Å². The van der Waals surface area contributed by atoms with Crippen LogP contribution >= 0.6 is 11.3 Å². The molecule has 2 aromatic heterocycles. The Morgan fingerprint density at radius 3 is 2.69 bits per heavy atom. The Bertz CT molecular complexity index is 1070. The van der Waals surface area contributed by atoms with Crippen LogP contribution in [0.4, 0.5) is 11.5 Å². The van der Waals surface area contributed by atoms with Gasteiger partial charge in [0.15, 0.2) is 5.82 Å². The topological polar surface area (TPSA) is 101 Å². The molecule has 2 aliphatic heterocycles. The number of nitrogens with one attached hydrogen (secondary N) is 1. The van der Waals surface area contributed by atoms with E-state index in [-0.39, 0.29) is 23.8 Å². The van der Waals surface area contributed by atoms with Crippen LogP contribution in [0.1, 0.15) is 16.9 Å². The SMILES string of the molecule is O=C(Nc1ccc(O[C@@H]2CCN(C(=O)c3cscn3)C2)cc1)C1CN(c2cccnn2)C1. The van der Waals surface area contributed by atoms with Crippen LogP contribution in [-0.2, 0) is 4.79 Å². The summed E-state index contributed by atoms with van der Waals surface area (Å²) in [5.74, 6) is 1.37. The predicted molar refractivity (Wildman–Crippen MR) is 120 cm³/mol. The fourth-order valence-corrected chi connectivity index (χ4v) is 4.36. The molecule has 9 nitrogen and oxygen atoms in total. The number of hydrogen-bond donors (Lipinski definition) is 1. The van der Waals surface area contributed by atoms with Crippen LogP contribution < -0.4 is 15.0 Å². The van der Waals surface area contributed by atoms with Crippen LogP contribution in [0.3, 0.4) is 0 Å². The Balaban J connectivity index is 1.09. The summed E-state index contributed by atoms with van der Waals surface area (Å²) < 4.78 is 6.03. The van der Waals surface area contributed by atoms with Crippen LogP contribution in [0.25, 0.3) is 0 Å². The third-order valence-electron chi connectivity index (χ3n) is 5.64. The molecular formula is C22H22N6O3S. The number of aromatic nitrogens is 3. The Labute approximate surface area is 189 Å². The van der Waals surface area contributed by atoms with Crippen molar-refractivity contribution in [2.75, 3.05) is 36.4 Å². The van der Waals surface area contributed by atoms with Gasteiger partial charge in [-0.25, -0.2) is 4.98 Å². The summed E-state index contributed by atoms with van der Waals surface area (Å²) in [7, 11) is 0. The van der Waals surface area contributed by atoms with E-state index in [4.69, 9.17) is 4.74 Å². The number of thiazole rings is 1. The second kappa shape index (κ2) is 8.91. The van der Waals surface area contributed by atoms with Crippen LogP contribution in [0, 0.1) is 5.92 Å². The fourth-order valence-electron chi connectivity index (χ4n) is 3.84. The number of carbonyl (C=O) groups excluding carboxylic acids is 2. The van der Waals surface area contributed by atoms with Crippen molar-refractivity contribution in [3.8, 4) is 5.75 Å². The number of anilines is 2. The summed E-state index contributed by atoms with van der Waals surface area (Å²) in [6, 6.07) is 11.1. The van der Waals surface area contributed by atoms with E-state index >= 15 is 0 Å². The minimum atomic E-state index is -0.0762. The van der Waals surface area contributed by atoms with Gasteiger partial charge in [0.05, 0.1) is 18.0 Å². The molecule has 2 amide bonds. The molecule has 2 fully saturated rings. The zero-order valence-electron chi connectivity index (χ0n) is 17.3. The van der Waals surface area contributed by atoms with Gasteiger partial charge in [-0.2, -0.15) is 5.10 Å². The quantitative estimate of drug-likeness (QED) is 0.615. The lowest BCUT2D eigenvalue weighted by molar-refractivity contribution is -0.120. The molecule has 164 valence electrons. The molecule has 0 bridgehead atoms. The summed E-state index contributed by atoms with van der Waals surface area (Å²) in [4.78, 5) is 32.8. The molecule has 1 atom stereocenters. The number of hydrogen-bond acceptors (Lipinski definition) is 8. The highest BCUT2D eigenvalue weighted by Crippen LogP contribution is 2.25. The van der Waals surface area contributed by atoms with E-state index in [0.717, 1.165) is 17.9 Å². The smallest absolute Gasteiger partial charge is 0.273 e. The number of likely N-dealkylation sites (tertiary alicyclic amines) is 1. The molecule has 0 aliphatic carbocycles. The predicted octanol–water partition coefficient (Wildman–Crippen LogP) is 2.30. The first-order chi connectivity index (χ1) is 15.7. The molecule has 2 saturated heterocycles. The number of amides is 2. The lowest BCUT2D eigenvalue weighted by Crippen LogP contribution is -2.52. The van der Waals surface area contributed by atoms with Crippen LogP contribution in [0.2, 0.25) is 0 Å². The van der Waals surface area contributed by atoms with E-state index in [9.17, 15) is 9.59 Å². The van der Waals surface area contributed by atoms with Gasteiger partial charge in [0.2, 0.25) is 5.91 Å². The van der Waals surface area contributed by atoms with E-state index in [2.05, 4.69) is 20.5 Å². The Morgan fingerprint density at radius 2 is 1.97 bits per heavy atom. The maximum atomic E-state index is 12.5. The first kappa shape index (κ1) is 20.4. The molecule has 0 unspecified atom stereocenters. The average Bonchev–Trinajstić information content (AvgIpc) is 3.47. The molecule has 1 N–H and O–H groups in total. The molecule has 0 radical (unpaired) electrons. The van der Waals surface area contributed by atoms with E-state index in [1.807, 2.05) is 41.3 Å². The van der Waals surface area contributed by atoms with Gasteiger partial charge in [-0.1, -0.05) is 0 Å². The maximum absolute atomic E-state index is 12.5. The molecule has 32 heavy (non-hydrogen) atoms. The lowest BCUT2D eigenvalue weighted by Gasteiger charge is -2.38. The van der Waals surface area contributed by atoms with Crippen molar-refractivity contribution in [2.45, 2.75) is 12.5 Å². The van der Waals surface area contributed by atoms with Crippen molar-refractivity contribution in [2.24, 2.45) is 5.92 Å². The highest BCUT2D eigenvalue weighted by atomic mass is 32.1. The van der Waals surface area contributed by atoms with Gasteiger partial charge in [0.25, 0.3) is 5.91 Å². The summed E-state index contributed by atoms with van der Waals surface area (Å²) in [6.07, 6.45) is 2.35. The summed E-state index contributed by atoms with van der Waals surface area (Å²) >= 11 is 1.41. The van der Waals surface area contributed by atoms with Crippen molar-refractivity contribution in [3.63, 3.8) is 0 Å². The molecule has 5 rings (SSSR count). The molecule has 3 aromatic rings. The van der Waals surface area contributed by atoms with Gasteiger partial charge >= 0.3 is 0 Å². The largest absolute Gasteiger partial charge is 0.489 e. The highest BCUT2D eigenvalue weighted by molar-refractivity contribution is 7.07. The third-order valence-corrected chi connectivity index (χ3v) is 6.23. The first-order valence-electron chi connectivity index (χ1n) is 10.4. The van der Waals surface area contributed by atoms with Gasteiger partial charge in [0, 0.05) is 43.3 Å².